The molecule has 236 valence electrons. The molecule has 11 heteroatoms. The second-order valence-electron chi connectivity index (χ2n) is 10.5. The largest absolute Gasteiger partial charge is 0.488 e. The molecule has 0 radical (unpaired) electrons. The zero-order valence-electron chi connectivity index (χ0n) is 24.9. The third kappa shape index (κ3) is 6.72. The van der Waals surface area contributed by atoms with Crippen molar-refractivity contribution in [3.05, 3.63) is 160 Å². The van der Waals surface area contributed by atoms with Crippen molar-refractivity contribution in [1.82, 2.24) is 4.57 Å². The number of esters is 1. The van der Waals surface area contributed by atoms with Crippen LogP contribution in [0.5, 0.6) is 5.75 Å². The van der Waals surface area contributed by atoms with E-state index in [4.69, 9.17) is 19.6 Å². The third-order valence-electron chi connectivity index (χ3n) is 7.41. The molecule has 1 N–H and O–H groups in total. The second-order valence-corrected chi connectivity index (χ2v) is 12.3. The number of carboxylic acids is 1. The number of halogens is 2. The van der Waals surface area contributed by atoms with Crippen molar-refractivity contribution in [1.29, 1.82) is 0 Å². The average molecular weight is 714 g/mol. The van der Waals surface area contributed by atoms with Crippen LogP contribution in [-0.2, 0) is 16.1 Å². The molecule has 4 aromatic carbocycles. The summed E-state index contributed by atoms with van der Waals surface area (Å²) in [6.07, 6.45) is 1.74. The molecule has 0 unspecified atom stereocenters. The summed E-state index contributed by atoms with van der Waals surface area (Å²) in [5.41, 5.74) is 3.13. The van der Waals surface area contributed by atoms with Gasteiger partial charge in [0, 0.05) is 5.56 Å². The molecule has 1 aromatic heterocycles. The summed E-state index contributed by atoms with van der Waals surface area (Å²) in [6, 6.07) is 25.8. The molecular weight excluding hydrogens is 687 g/mol. The van der Waals surface area contributed by atoms with Crippen LogP contribution < -0.4 is 19.6 Å². The van der Waals surface area contributed by atoms with Gasteiger partial charge in [0.15, 0.2) is 4.80 Å². The van der Waals surface area contributed by atoms with E-state index in [2.05, 4.69) is 15.9 Å². The van der Waals surface area contributed by atoms with E-state index >= 15 is 0 Å². The SMILES string of the molecule is CCOC(=O)C1=C(c2ccccc2)N=c2s/c(=C/c3ccc(OCc4ccc(C(=O)O)cc4)c(Br)c3)c(=O)n2[C@H]1c1ccc(F)cc1. The molecular formula is C36H26BrFN2O6S. The van der Waals surface area contributed by atoms with Crippen molar-refractivity contribution < 1.29 is 28.6 Å². The number of thiazole rings is 1. The highest BCUT2D eigenvalue weighted by atomic mass is 79.9. The Morgan fingerprint density at radius 3 is 2.40 bits per heavy atom. The number of hydrogen-bond donors (Lipinski definition) is 1. The lowest BCUT2D eigenvalue weighted by atomic mass is 9.93. The van der Waals surface area contributed by atoms with Crippen LogP contribution in [0.3, 0.4) is 0 Å². The Morgan fingerprint density at radius 1 is 1.02 bits per heavy atom. The first-order chi connectivity index (χ1) is 22.7. The van der Waals surface area contributed by atoms with Crippen LogP contribution >= 0.6 is 27.3 Å². The Bertz CT molecular complexity index is 2190. The van der Waals surface area contributed by atoms with Crippen LogP contribution in [-0.4, -0.2) is 28.2 Å². The van der Waals surface area contributed by atoms with E-state index in [1.165, 1.54) is 40.2 Å². The fraction of sp³-hybridized carbons (Fsp3) is 0.111. The van der Waals surface area contributed by atoms with Gasteiger partial charge in [0.1, 0.15) is 18.2 Å². The molecule has 2 heterocycles. The fourth-order valence-electron chi connectivity index (χ4n) is 5.18. The number of rotatable bonds is 9. The zero-order valence-corrected chi connectivity index (χ0v) is 27.3. The summed E-state index contributed by atoms with van der Waals surface area (Å²) >= 11 is 4.73. The predicted octanol–water partition coefficient (Wildman–Crippen LogP) is 6.11. The van der Waals surface area contributed by atoms with Gasteiger partial charge in [0.05, 0.1) is 38.5 Å². The standard InChI is InChI=1S/C36H26BrFN2O6S/c1-2-45-35(44)30-31(23-6-4-3-5-7-23)39-36-40(32(30)24-13-15-26(38)16-14-24)33(41)29(47-36)19-22-10-17-28(27(37)18-22)46-20-21-8-11-25(12-9-21)34(42)43/h3-19,32H,2,20H2,1H3,(H,42,43)/b29-19+/t32-/m0/s1. The lowest BCUT2D eigenvalue weighted by Gasteiger charge is -2.25. The molecule has 0 aliphatic carbocycles. The van der Waals surface area contributed by atoms with Crippen LogP contribution in [0.2, 0.25) is 0 Å². The van der Waals surface area contributed by atoms with Crippen LogP contribution in [0.1, 0.15) is 45.6 Å². The number of hydrogen-bond acceptors (Lipinski definition) is 7. The van der Waals surface area contributed by atoms with Crippen molar-refractivity contribution in [2.24, 2.45) is 4.99 Å². The molecule has 0 amide bonds. The van der Waals surface area contributed by atoms with E-state index in [1.54, 1.807) is 43.3 Å². The molecule has 0 fully saturated rings. The average Bonchev–Trinajstić information content (AvgIpc) is 3.38. The summed E-state index contributed by atoms with van der Waals surface area (Å²) in [5.74, 6) is -1.49. The maximum atomic E-state index is 14.1. The maximum absolute atomic E-state index is 14.1. The normalized spacial score (nSPS) is 14.4. The first-order valence-corrected chi connectivity index (χ1v) is 16.1. The monoisotopic (exact) mass is 712 g/mol. The molecule has 6 rings (SSSR count). The molecule has 0 bridgehead atoms. The minimum Gasteiger partial charge on any atom is -0.488 e. The van der Waals surface area contributed by atoms with Gasteiger partial charge in [-0.25, -0.2) is 19.0 Å². The molecule has 1 aliphatic rings. The van der Waals surface area contributed by atoms with Crippen LogP contribution in [0, 0.1) is 5.82 Å². The third-order valence-corrected chi connectivity index (χ3v) is 9.01. The van der Waals surface area contributed by atoms with Gasteiger partial charge in [-0.3, -0.25) is 9.36 Å². The molecule has 8 nitrogen and oxygen atoms in total. The first-order valence-electron chi connectivity index (χ1n) is 14.5. The number of carboxylic acid groups (broad SMARTS) is 1. The van der Waals surface area contributed by atoms with E-state index in [0.717, 1.165) is 5.56 Å². The second kappa shape index (κ2) is 13.7. The molecule has 0 spiro atoms. The van der Waals surface area contributed by atoms with Crippen molar-refractivity contribution in [3.63, 3.8) is 0 Å². The van der Waals surface area contributed by atoms with E-state index < -0.39 is 23.8 Å². The smallest absolute Gasteiger partial charge is 0.338 e. The molecule has 1 atom stereocenters. The van der Waals surface area contributed by atoms with Gasteiger partial charge < -0.3 is 14.6 Å². The molecule has 5 aromatic rings. The highest BCUT2D eigenvalue weighted by Gasteiger charge is 2.35. The van der Waals surface area contributed by atoms with Gasteiger partial charge in [-0.2, -0.15) is 0 Å². The van der Waals surface area contributed by atoms with Crippen LogP contribution in [0.25, 0.3) is 11.8 Å². The highest BCUT2D eigenvalue weighted by Crippen LogP contribution is 2.35. The van der Waals surface area contributed by atoms with E-state index in [-0.39, 0.29) is 29.9 Å². The van der Waals surface area contributed by atoms with Crippen LogP contribution in [0.4, 0.5) is 4.39 Å². The Labute approximate surface area is 280 Å². The minimum atomic E-state index is -0.995. The zero-order chi connectivity index (χ0) is 33.1. The predicted molar refractivity (Wildman–Crippen MR) is 179 cm³/mol. The molecule has 47 heavy (non-hydrogen) atoms. The van der Waals surface area contributed by atoms with Gasteiger partial charge in [-0.05, 0) is 82.0 Å². The molecule has 0 saturated heterocycles. The number of carbonyl (C=O) groups is 2. The number of aromatic carboxylic acids is 1. The van der Waals surface area contributed by atoms with E-state index in [0.29, 0.717) is 41.9 Å². The highest BCUT2D eigenvalue weighted by molar-refractivity contribution is 9.10. The summed E-state index contributed by atoms with van der Waals surface area (Å²) < 4.78 is 27.9. The van der Waals surface area contributed by atoms with Gasteiger partial charge in [-0.15, -0.1) is 0 Å². The number of nitrogens with zero attached hydrogens (tertiary/aromatic N) is 2. The fourth-order valence-corrected chi connectivity index (χ4v) is 6.69. The topological polar surface area (TPSA) is 107 Å². The Balaban J connectivity index is 1.41. The number of benzene rings is 4. The Kier molecular flexibility index (Phi) is 9.28. The van der Waals surface area contributed by atoms with Gasteiger partial charge >= 0.3 is 11.9 Å². The van der Waals surface area contributed by atoms with Crippen molar-refractivity contribution >= 4 is 51.0 Å². The van der Waals surface area contributed by atoms with Gasteiger partial charge in [0.25, 0.3) is 5.56 Å². The summed E-state index contributed by atoms with van der Waals surface area (Å²) in [5, 5.41) is 9.10. The first kappa shape index (κ1) is 31.8. The van der Waals surface area contributed by atoms with E-state index in [9.17, 15) is 18.8 Å². The Morgan fingerprint density at radius 2 is 1.74 bits per heavy atom. The number of ether oxygens (including phenoxy) is 2. The quantitative estimate of drug-likeness (QED) is 0.185. The molecule has 1 aliphatic heterocycles. The lowest BCUT2D eigenvalue weighted by Crippen LogP contribution is -2.40. The van der Waals surface area contributed by atoms with Crippen molar-refractivity contribution in [3.8, 4) is 5.75 Å². The minimum absolute atomic E-state index is 0.122. The van der Waals surface area contributed by atoms with Crippen molar-refractivity contribution in [2.45, 2.75) is 19.6 Å². The Hall–Kier alpha value is -5.13. The van der Waals surface area contributed by atoms with Gasteiger partial charge in [-0.1, -0.05) is 72.0 Å². The number of aromatic nitrogens is 1. The molecule has 0 saturated carbocycles. The van der Waals surface area contributed by atoms with Gasteiger partial charge in [0.2, 0.25) is 0 Å². The van der Waals surface area contributed by atoms with E-state index in [1.807, 2.05) is 42.5 Å². The summed E-state index contributed by atoms with van der Waals surface area (Å²) in [7, 11) is 0. The lowest BCUT2D eigenvalue weighted by molar-refractivity contribution is -0.138. The number of carbonyl (C=O) groups excluding carboxylic acids is 1. The maximum Gasteiger partial charge on any atom is 0.338 e. The summed E-state index contributed by atoms with van der Waals surface area (Å²) in [4.78, 5) is 43.9. The summed E-state index contributed by atoms with van der Waals surface area (Å²) in [6.45, 7) is 2.05. The van der Waals surface area contributed by atoms with Crippen LogP contribution in [0.15, 0.2) is 117 Å². The number of fused-ring (bicyclic) bond motifs is 1. The van der Waals surface area contributed by atoms with Crippen molar-refractivity contribution in [2.75, 3.05) is 6.61 Å².